The van der Waals surface area contributed by atoms with Crippen molar-refractivity contribution in [3.63, 3.8) is 0 Å². The Hall–Kier alpha value is -3.26. The lowest BCUT2D eigenvalue weighted by atomic mass is 10.0. The second kappa shape index (κ2) is 8.11. The average molecular weight is 445 g/mol. The van der Waals surface area contributed by atoms with Crippen LogP contribution < -0.4 is 14.8 Å². The van der Waals surface area contributed by atoms with Crippen LogP contribution in [-0.2, 0) is 14.3 Å². The quantitative estimate of drug-likeness (QED) is 0.710. The van der Waals surface area contributed by atoms with E-state index in [-0.39, 0.29) is 29.5 Å². The van der Waals surface area contributed by atoms with Crippen LogP contribution in [0.4, 0.5) is 5.69 Å². The van der Waals surface area contributed by atoms with Crippen LogP contribution in [0.5, 0.6) is 11.5 Å². The van der Waals surface area contributed by atoms with Crippen LogP contribution in [0.15, 0.2) is 30.3 Å². The zero-order chi connectivity index (χ0) is 22.3. The van der Waals surface area contributed by atoms with Crippen molar-refractivity contribution in [2.24, 2.45) is 0 Å². The second-order valence-corrected chi connectivity index (χ2v) is 7.76. The molecule has 2 aromatic rings. The largest absolute Gasteiger partial charge is 0.493 e. The summed E-state index contributed by atoms with van der Waals surface area (Å²) >= 11 is 6.05. The fourth-order valence-electron chi connectivity index (χ4n) is 3.99. The van der Waals surface area contributed by atoms with Crippen LogP contribution in [-0.4, -0.2) is 42.9 Å². The number of benzene rings is 2. The first-order chi connectivity index (χ1) is 14.8. The van der Waals surface area contributed by atoms with Gasteiger partial charge < -0.3 is 19.5 Å². The molecule has 0 aliphatic carbocycles. The maximum Gasteiger partial charge on any atom is 0.344 e. The third-order valence-electron chi connectivity index (χ3n) is 5.53. The molecule has 2 unspecified atom stereocenters. The van der Waals surface area contributed by atoms with E-state index < -0.39 is 18.2 Å². The summed E-state index contributed by atoms with van der Waals surface area (Å²) in [5.74, 6) is -0.683. The molecule has 1 saturated heterocycles. The number of carbonyl (C=O) groups is 3. The summed E-state index contributed by atoms with van der Waals surface area (Å²) in [5.41, 5.74) is 2.04. The van der Waals surface area contributed by atoms with Gasteiger partial charge in [0, 0.05) is 22.7 Å². The molecule has 2 aliphatic rings. The van der Waals surface area contributed by atoms with Gasteiger partial charge in [-0.05, 0) is 43.2 Å². The fourth-order valence-corrected chi connectivity index (χ4v) is 4.16. The number of ether oxygens (including phenoxy) is 3. The van der Waals surface area contributed by atoms with Gasteiger partial charge in [0.15, 0.2) is 11.5 Å². The van der Waals surface area contributed by atoms with Crippen molar-refractivity contribution in [2.75, 3.05) is 19.5 Å². The number of esters is 1. The lowest BCUT2D eigenvalue weighted by molar-refractivity contribution is -0.144. The third kappa shape index (κ3) is 3.57. The van der Waals surface area contributed by atoms with Crippen molar-refractivity contribution in [2.45, 2.75) is 32.0 Å². The molecule has 0 aromatic heterocycles. The molecule has 162 valence electrons. The van der Waals surface area contributed by atoms with Gasteiger partial charge in [-0.15, -0.1) is 0 Å². The summed E-state index contributed by atoms with van der Waals surface area (Å²) in [7, 11) is 2.88. The van der Waals surface area contributed by atoms with Crippen LogP contribution in [0.1, 0.15) is 40.6 Å². The number of fused-ring (bicyclic) bond motifs is 1. The highest BCUT2D eigenvalue weighted by Crippen LogP contribution is 2.45. The van der Waals surface area contributed by atoms with E-state index in [0.29, 0.717) is 28.4 Å². The van der Waals surface area contributed by atoms with Gasteiger partial charge in [-0.3, -0.25) is 14.5 Å². The summed E-state index contributed by atoms with van der Waals surface area (Å²) in [5, 5.41) is 3.33. The van der Waals surface area contributed by atoms with Gasteiger partial charge in [-0.2, -0.15) is 0 Å². The predicted octanol–water partition coefficient (Wildman–Crippen LogP) is 3.46. The number of nitrogens with one attached hydrogen (secondary N) is 1. The standard InChI is InChI=1S/C22H21ClN2O6/c1-11-4-5-12(23)10-14(11)24-20(27)15-7-9-17(26)25(15)21-13-6-8-16(29-2)19(30-3)18(13)22(28)31-21/h4-6,8,10,15,21H,7,9H2,1-3H3,(H,24,27). The van der Waals surface area contributed by atoms with Crippen LogP contribution in [0.3, 0.4) is 0 Å². The summed E-state index contributed by atoms with van der Waals surface area (Å²) < 4.78 is 16.1. The molecule has 31 heavy (non-hydrogen) atoms. The summed E-state index contributed by atoms with van der Waals surface area (Å²) in [6, 6.07) is 7.66. The molecule has 0 radical (unpaired) electrons. The Morgan fingerprint density at radius 1 is 1.19 bits per heavy atom. The number of likely N-dealkylation sites (tertiary alicyclic amines) is 1. The molecule has 1 N–H and O–H groups in total. The van der Waals surface area contributed by atoms with Crippen LogP contribution in [0.2, 0.25) is 5.02 Å². The molecule has 9 heteroatoms. The first-order valence-corrected chi connectivity index (χ1v) is 10.1. The number of rotatable bonds is 5. The van der Waals surface area contributed by atoms with Gasteiger partial charge in [-0.1, -0.05) is 17.7 Å². The van der Waals surface area contributed by atoms with Crippen molar-refractivity contribution < 1.29 is 28.6 Å². The number of halogens is 1. The highest BCUT2D eigenvalue weighted by molar-refractivity contribution is 6.31. The summed E-state index contributed by atoms with van der Waals surface area (Å²) in [6.45, 7) is 1.85. The molecule has 2 atom stereocenters. The van der Waals surface area contributed by atoms with Crippen molar-refractivity contribution in [3.05, 3.63) is 52.0 Å². The molecule has 0 saturated carbocycles. The van der Waals surface area contributed by atoms with E-state index in [1.54, 1.807) is 30.3 Å². The number of anilines is 1. The highest BCUT2D eigenvalue weighted by atomic mass is 35.5. The molecule has 2 aromatic carbocycles. The van der Waals surface area contributed by atoms with E-state index in [1.165, 1.54) is 19.1 Å². The van der Waals surface area contributed by atoms with Crippen LogP contribution in [0.25, 0.3) is 0 Å². The Balaban J connectivity index is 1.66. The van der Waals surface area contributed by atoms with Crippen molar-refractivity contribution in [1.29, 1.82) is 0 Å². The Morgan fingerprint density at radius 3 is 2.68 bits per heavy atom. The molecular formula is C22H21ClN2O6. The lowest BCUT2D eigenvalue weighted by Gasteiger charge is -2.29. The first kappa shape index (κ1) is 21.0. The number of nitrogens with zero attached hydrogens (tertiary/aromatic N) is 1. The molecule has 0 bridgehead atoms. The number of cyclic esters (lactones) is 1. The van der Waals surface area contributed by atoms with Gasteiger partial charge >= 0.3 is 5.97 Å². The molecule has 8 nitrogen and oxygen atoms in total. The van der Waals surface area contributed by atoms with Gasteiger partial charge in [0.25, 0.3) is 0 Å². The van der Waals surface area contributed by atoms with E-state index in [4.69, 9.17) is 25.8 Å². The van der Waals surface area contributed by atoms with E-state index in [9.17, 15) is 14.4 Å². The molecule has 2 heterocycles. The average Bonchev–Trinajstić information content (AvgIpc) is 3.29. The summed E-state index contributed by atoms with van der Waals surface area (Å²) in [6.07, 6.45) is -0.543. The van der Waals surface area contributed by atoms with Crippen molar-refractivity contribution in [3.8, 4) is 11.5 Å². The molecule has 4 rings (SSSR count). The molecule has 1 fully saturated rings. The van der Waals surface area contributed by atoms with E-state index in [2.05, 4.69) is 5.32 Å². The van der Waals surface area contributed by atoms with E-state index in [1.807, 2.05) is 6.92 Å². The third-order valence-corrected chi connectivity index (χ3v) is 5.77. The number of hydrogen-bond donors (Lipinski definition) is 1. The number of aryl methyl sites for hydroxylation is 1. The normalized spacial score (nSPS) is 19.8. The Labute approximate surface area is 184 Å². The number of carbonyl (C=O) groups excluding carboxylic acids is 3. The summed E-state index contributed by atoms with van der Waals surface area (Å²) in [4.78, 5) is 39.7. The fraction of sp³-hybridized carbons (Fsp3) is 0.318. The Kier molecular flexibility index (Phi) is 5.49. The zero-order valence-electron chi connectivity index (χ0n) is 17.2. The van der Waals surface area contributed by atoms with Crippen LogP contribution >= 0.6 is 11.6 Å². The highest BCUT2D eigenvalue weighted by Gasteiger charge is 2.47. The second-order valence-electron chi connectivity index (χ2n) is 7.33. The monoisotopic (exact) mass is 444 g/mol. The molecule has 2 amide bonds. The van der Waals surface area contributed by atoms with Crippen LogP contribution in [0, 0.1) is 6.92 Å². The lowest BCUT2D eigenvalue weighted by Crippen LogP contribution is -2.44. The zero-order valence-corrected chi connectivity index (χ0v) is 18.0. The number of amides is 2. The Morgan fingerprint density at radius 2 is 1.97 bits per heavy atom. The van der Waals surface area contributed by atoms with Gasteiger partial charge in [0.1, 0.15) is 11.6 Å². The van der Waals surface area contributed by atoms with Gasteiger partial charge in [0.2, 0.25) is 18.0 Å². The number of methoxy groups -OCH3 is 2. The Bertz CT molecular complexity index is 1090. The van der Waals surface area contributed by atoms with Crippen molar-refractivity contribution >= 4 is 35.1 Å². The van der Waals surface area contributed by atoms with Gasteiger partial charge in [0.05, 0.1) is 14.2 Å². The molecule has 2 aliphatic heterocycles. The maximum absolute atomic E-state index is 13.1. The van der Waals surface area contributed by atoms with Crippen molar-refractivity contribution in [1.82, 2.24) is 4.90 Å². The number of hydrogen-bond acceptors (Lipinski definition) is 6. The van der Waals surface area contributed by atoms with Gasteiger partial charge in [-0.25, -0.2) is 4.79 Å². The minimum absolute atomic E-state index is 0.170. The van der Waals surface area contributed by atoms with E-state index in [0.717, 1.165) is 5.56 Å². The first-order valence-electron chi connectivity index (χ1n) is 9.69. The SMILES string of the molecule is COc1ccc2c(c1OC)C(=O)OC2N1C(=O)CCC1C(=O)Nc1cc(Cl)ccc1C. The minimum Gasteiger partial charge on any atom is -0.493 e. The predicted molar refractivity (Wildman–Crippen MR) is 112 cm³/mol. The molecule has 0 spiro atoms. The molecular weight excluding hydrogens is 424 g/mol. The maximum atomic E-state index is 13.1. The van der Waals surface area contributed by atoms with E-state index >= 15 is 0 Å². The smallest absolute Gasteiger partial charge is 0.344 e. The topological polar surface area (TPSA) is 94.2 Å². The minimum atomic E-state index is -1.02.